The van der Waals surface area contributed by atoms with Crippen molar-refractivity contribution in [2.24, 2.45) is 0 Å². The summed E-state index contributed by atoms with van der Waals surface area (Å²) in [5.74, 6) is -1.18. The van der Waals surface area contributed by atoms with Crippen molar-refractivity contribution in [1.29, 1.82) is 0 Å². The molecule has 3 heterocycles. The van der Waals surface area contributed by atoms with Crippen molar-refractivity contribution in [3.63, 3.8) is 0 Å². The van der Waals surface area contributed by atoms with Crippen LogP contribution in [0.3, 0.4) is 0 Å². The molecule has 3 amide bonds. The van der Waals surface area contributed by atoms with Crippen LogP contribution in [0.5, 0.6) is 5.75 Å². The highest BCUT2D eigenvalue weighted by Crippen LogP contribution is 2.34. The van der Waals surface area contributed by atoms with Crippen LogP contribution < -0.4 is 10.1 Å². The summed E-state index contributed by atoms with van der Waals surface area (Å²) in [6, 6.07) is 13.2. The summed E-state index contributed by atoms with van der Waals surface area (Å²) >= 11 is 0. The second-order valence-electron chi connectivity index (χ2n) is 11.9. The first-order chi connectivity index (χ1) is 22.9. The zero-order valence-electron chi connectivity index (χ0n) is 26.7. The maximum Gasteiger partial charge on any atom is 0.305 e. The molecule has 0 bridgehead atoms. The normalized spacial score (nSPS) is 18.8. The minimum absolute atomic E-state index is 0.00265. The van der Waals surface area contributed by atoms with Crippen LogP contribution in [0.1, 0.15) is 46.3 Å². The molecule has 2 aromatic carbocycles. The number of carbonyl (C=O) groups is 4. The molecule has 13 nitrogen and oxygen atoms in total. The van der Waals surface area contributed by atoms with Crippen LogP contribution >= 0.6 is 0 Å². The fourth-order valence-corrected chi connectivity index (χ4v) is 5.92. The number of nitrogens with zero attached hydrogens (tertiary/aromatic N) is 3. The van der Waals surface area contributed by atoms with Crippen LogP contribution in [0.2, 0.25) is 0 Å². The number of benzene rings is 2. The van der Waals surface area contributed by atoms with Crippen molar-refractivity contribution in [2.75, 3.05) is 72.4 Å². The molecule has 0 spiro atoms. The topological polar surface area (TPSA) is 147 Å². The van der Waals surface area contributed by atoms with Gasteiger partial charge in [-0.05, 0) is 29.7 Å². The molecule has 2 fully saturated rings. The molecule has 0 radical (unpaired) electrons. The predicted molar refractivity (Wildman–Crippen MR) is 170 cm³/mol. The quantitative estimate of drug-likeness (QED) is 0.179. The smallest absolute Gasteiger partial charge is 0.305 e. The molecule has 3 aliphatic rings. The lowest BCUT2D eigenvalue weighted by Crippen LogP contribution is -2.52. The van der Waals surface area contributed by atoms with Gasteiger partial charge in [0.05, 0.1) is 52.6 Å². The van der Waals surface area contributed by atoms with Crippen molar-refractivity contribution < 1.29 is 43.2 Å². The van der Waals surface area contributed by atoms with Crippen molar-refractivity contribution in [2.45, 2.75) is 45.0 Å². The van der Waals surface area contributed by atoms with Crippen LogP contribution in [0, 0.1) is 0 Å². The van der Waals surface area contributed by atoms with Crippen molar-refractivity contribution >= 4 is 23.7 Å². The molecule has 0 unspecified atom stereocenters. The Kier molecular flexibility index (Phi) is 12.7. The van der Waals surface area contributed by atoms with E-state index in [1.807, 2.05) is 6.07 Å². The van der Waals surface area contributed by atoms with E-state index in [0.717, 1.165) is 50.4 Å². The Bertz CT molecular complexity index is 1380. The second-order valence-corrected chi connectivity index (χ2v) is 11.9. The van der Waals surface area contributed by atoms with Crippen LogP contribution in [-0.2, 0) is 48.3 Å². The molecule has 5 rings (SSSR count). The number of hydrogen-bond acceptors (Lipinski definition) is 10. The summed E-state index contributed by atoms with van der Waals surface area (Å²) in [6.45, 7) is 9.03. The lowest BCUT2D eigenvalue weighted by Gasteiger charge is -2.34. The molecule has 1 atom stereocenters. The summed E-state index contributed by atoms with van der Waals surface area (Å²) in [5.41, 5.74) is 3.57. The highest BCUT2D eigenvalue weighted by Gasteiger charge is 2.40. The lowest BCUT2D eigenvalue weighted by atomic mass is 10.0. The number of carbonyl (C=O) groups excluding carboxylic acids is 3. The number of fused-ring (bicyclic) bond motifs is 1. The molecule has 254 valence electrons. The third-order valence-corrected chi connectivity index (χ3v) is 8.58. The average Bonchev–Trinajstić information content (AvgIpc) is 3.40. The zero-order chi connectivity index (χ0) is 33.0. The van der Waals surface area contributed by atoms with E-state index in [1.165, 1.54) is 10.5 Å². The Morgan fingerprint density at radius 2 is 1.49 bits per heavy atom. The van der Waals surface area contributed by atoms with E-state index in [9.17, 15) is 19.2 Å². The molecule has 2 N–H and O–H groups in total. The molecule has 0 aliphatic carbocycles. The third-order valence-electron chi connectivity index (χ3n) is 8.58. The highest BCUT2D eigenvalue weighted by molar-refractivity contribution is 6.05. The van der Waals surface area contributed by atoms with Gasteiger partial charge in [-0.3, -0.25) is 34.3 Å². The summed E-state index contributed by atoms with van der Waals surface area (Å²) in [6.07, 6.45) is 0.550. The van der Waals surface area contributed by atoms with Gasteiger partial charge in [0.2, 0.25) is 11.8 Å². The largest absolute Gasteiger partial charge is 0.489 e. The molecule has 0 saturated carbocycles. The number of piperidine rings is 1. The zero-order valence-corrected chi connectivity index (χ0v) is 26.7. The molecular formula is C34H44N4O9. The summed E-state index contributed by atoms with van der Waals surface area (Å²) in [4.78, 5) is 53.8. The lowest BCUT2D eigenvalue weighted by molar-refractivity contribution is -0.139. The van der Waals surface area contributed by atoms with Crippen LogP contribution in [0.15, 0.2) is 42.5 Å². The SMILES string of the molecule is O=C(O)CCOCCOCCOCCN1CCN(Cc2ccc(COc3cccc4c3CN([C@H]3CCC(=O)NC3=O)C4=O)cc2)CC1. The van der Waals surface area contributed by atoms with Crippen molar-refractivity contribution in [3.05, 3.63) is 64.7 Å². The molecular weight excluding hydrogens is 608 g/mol. The number of imide groups is 1. The van der Waals surface area contributed by atoms with Gasteiger partial charge in [-0.25, -0.2) is 0 Å². The number of carboxylic acid groups (broad SMARTS) is 1. The van der Waals surface area contributed by atoms with Gasteiger partial charge in [-0.15, -0.1) is 0 Å². The number of piperazine rings is 1. The minimum atomic E-state index is -0.868. The van der Waals surface area contributed by atoms with Crippen LogP contribution in [0.25, 0.3) is 0 Å². The number of carboxylic acids is 1. The van der Waals surface area contributed by atoms with E-state index in [0.29, 0.717) is 57.4 Å². The van der Waals surface area contributed by atoms with Gasteiger partial charge in [0, 0.05) is 56.8 Å². The van der Waals surface area contributed by atoms with Crippen molar-refractivity contribution in [3.8, 4) is 5.75 Å². The number of aliphatic carboxylic acids is 1. The first kappa shape index (κ1) is 34.5. The molecule has 13 heteroatoms. The number of amides is 3. The third kappa shape index (κ3) is 10.1. The fraction of sp³-hybridized carbons (Fsp3) is 0.529. The molecule has 2 aromatic rings. The molecule has 2 saturated heterocycles. The number of rotatable bonds is 18. The van der Waals surface area contributed by atoms with Gasteiger partial charge in [-0.1, -0.05) is 30.3 Å². The monoisotopic (exact) mass is 652 g/mol. The Balaban J connectivity index is 0.963. The fourth-order valence-electron chi connectivity index (χ4n) is 5.92. The second kappa shape index (κ2) is 17.3. The Morgan fingerprint density at radius 1 is 0.830 bits per heavy atom. The van der Waals surface area contributed by atoms with Crippen LogP contribution in [-0.4, -0.2) is 122 Å². The first-order valence-corrected chi connectivity index (χ1v) is 16.2. The van der Waals surface area contributed by atoms with E-state index in [-0.39, 0.29) is 37.8 Å². The summed E-state index contributed by atoms with van der Waals surface area (Å²) in [7, 11) is 0. The van der Waals surface area contributed by atoms with Gasteiger partial charge >= 0.3 is 5.97 Å². The Labute approximate surface area is 274 Å². The predicted octanol–water partition coefficient (Wildman–Crippen LogP) is 1.67. The first-order valence-electron chi connectivity index (χ1n) is 16.2. The van der Waals surface area contributed by atoms with Gasteiger partial charge in [0.1, 0.15) is 18.4 Å². The summed E-state index contributed by atoms with van der Waals surface area (Å²) in [5, 5.41) is 10.9. The summed E-state index contributed by atoms with van der Waals surface area (Å²) < 4.78 is 22.5. The van der Waals surface area contributed by atoms with E-state index >= 15 is 0 Å². The van der Waals surface area contributed by atoms with Gasteiger partial charge in [0.25, 0.3) is 5.91 Å². The minimum Gasteiger partial charge on any atom is -0.489 e. The van der Waals surface area contributed by atoms with Gasteiger partial charge < -0.3 is 29.0 Å². The number of nitrogens with one attached hydrogen (secondary N) is 1. The molecule has 0 aromatic heterocycles. The van der Waals surface area contributed by atoms with E-state index in [1.54, 1.807) is 12.1 Å². The van der Waals surface area contributed by atoms with E-state index in [4.69, 9.17) is 24.1 Å². The van der Waals surface area contributed by atoms with Crippen molar-refractivity contribution in [1.82, 2.24) is 20.0 Å². The Morgan fingerprint density at radius 3 is 2.19 bits per heavy atom. The maximum absolute atomic E-state index is 13.1. The average molecular weight is 653 g/mol. The van der Waals surface area contributed by atoms with Gasteiger partial charge in [0.15, 0.2) is 0 Å². The van der Waals surface area contributed by atoms with E-state index in [2.05, 4.69) is 39.4 Å². The highest BCUT2D eigenvalue weighted by atomic mass is 16.5. The van der Waals surface area contributed by atoms with E-state index < -0.39 is 17.9 Å². The molecule has 47 heavy (non-hydrogen) atoms. The molecule has 3 aliphatic heterocycles. The van der Waals surface area contributed by atoms with Crippen LogP contribution in [0.4, 0.5) is 0 Å². The maximum atomic E-state index is 13.1. The number of hydrogen-bond donors (Lipinski definition) is 2. The standard InChI is InChI=1S/C34H44N4O9/c39-31-9-8-29(33(42)35-31)38-23-28-27(34(38)43)2-1-3-30(28)47-24-26-6-4-25(5-7-26)22-37-13-11-36(12-14-37)15-17-45-19-21-46-20-18-44-16-10-32(40)41/h1-7,29H,8-24H2,(H,40,41)(H,35,39,42)/t29-/m0/s1. The number of ether oxygens (including phenoxy) is 4. The Hall–Kier alpha value is -3.88. The van der Waals surface area contributed by atoms with Gasteiger partial charge in [-0.2, -0.15) is 0 Å².